The summed E-state index contributed by atoms with van der Waals surface area (Å²) in [6.07, 6.45) is 4.71. The van der Waals surface area contributed by atoms with Gasteiger partial charge in [-0.2, -0.15) is 0 Å². The van der Waals surface area contributed by atoms with E-state index < -0.39 is 0 Å². The van der Waals surface area contributed by atoms with Crippen molar-refractivity contribution in [2.45, 2.75) is 51.7 Å². The minimum atomic E-state index is 0.0976. The van der Waals surface area contributed by atoms with Crippen LogP contribution in [0.2, 0.25) is 5.02 Å². The molecule has 3 nitrogen and oxygen atoms in total. The Labute approximate surface area is 126 Å². The molecule has 1 heterocycles. The molecule has 1 aliphatic heterocycles. The standard InChI is InChI=1S/C16H24ClNO2/c1-11(2)20-16-13(10-12-6-4-5-9-18-12)14(17)7-8-15(16)19-3/h7-8,11-12,18H,4-6,9-10H2,1-3H3. The van der Waals surface area contributed by atoms with E-state index >= 15 is 0 Å². The maximum Gasteiger partial charge on any atom is 0.166 e. The average molecular weight is 298 g/mol. The summed E-state index contributed by atoms with van der Waals surface area (Å²) in [6, 6.07) is 4.24. The summed E-state index contributed by atoms with van der Waals surface area (Å²) in [5.41, 5.74) is 1.05. The number of nitrogens with one attached hydrogen (secondary N) is 1. The number of rotatable bonds is 5. The molecule has 4 heteroatoms. The Balaban J connectivity index is 2.27. The van der Waals surface area contributed by atoms with Crippen molar-refractivity contribution < 1.29 is 9.47 Å². The fraction of sp³-hybridized carbons (Fsp3) is 0.625. The van der Waals surface area contributed by atoms with Gasteiger partial charge in [0, 0.05) is 16.6 Å². The highest BCUT2D eigenvalue weighted by Gasteiger charge is 2.21. The zero-order valence-corrected chi connectivity index (χ0v) is 13.3. The highest BCUT2D eigenvalue weighted by atomic mass is 35.5. The lowest BCUT2D eigenvalue weighted by Gasteiger charge is -2.26. The number of benzene rings is 1. The Bertz CT molecular complexity index is 442. The average Bonchev–Trinajstić information content (AvgIpc) is 2.44. The Kier molecular flexibility index (Phi) is 5.55. The first-order valence-electron chi connectivity index (χ1n) is 7.37. The Morgan fingerprint density at radius 2 is 2.15 bits per heavy atom. The van der Waals surface area contributed by atoms with Gasteiger partial charge in [0.25, 0.3) is 0 Å². The molecule has 0 spiro atoms. The third-order valence-electron chi connectivity index (χ3n) is 3.60. The predicted octanol–water partition coefficient (Wildman–Crippen LogP) is 3.82. The predicted molar refractivity (Wildman–Crippen MR) is 83.1 cm³/mol. The van der Waals surface area contributed by atoms with Crippen molar-refractivity contribution in [2.75, 3.05) is 13.7 Å². The van der Waals surface area contributed by atoms with Crippen LogP contribution in [0.5, 0.6) is 11.5 Å². The first-order chi connectivity index (χ1) is 9.61. The van der Waals surface area contributed by atoms with E-state index in [0.717, 1.165) is 35.1 Å². The van der Waals surface area contributed by atoms with Crippen LogP contribution in [0.1, 0.15) is 38.7 Å². The van der Waals surface area contributed by atoms with Gasteiger partial charge in [-0.05, 0) is 51.8 Å². The van der Waals surface area contributed by atoms with Gasteiger partial charge in [0.2, 0.25) is 0 Å². The fourth-order valence-corrected chi connectivity index (χ4v) is 2.87. The van der Waals surface area contributed by atoms with Crippen molar-refractivity contribution >= 4 is 11.6 Å². The van der Waals surface area contributed by atoms with Gasteiger partial charge in [0.15, 0.2) is 11.5 Å². The van der Waals surface area contributed by atoms with E-state index in [-0.39, 0.29) is 6.10 Å². The lowest BCUT2D eigenvalue weighted by atomic mass is 9.97. The van der Waals surface area contributed by atoms with Crippen molar-refractivity contribution in [3.05, 3.63) is 22.7 Å². The number of hydrogen-bond donors (Lipinski definition) is 1. The van der Waals surface area contributed by atoms with Gasteiger partial charge in [0.05, 0.1) is 13.2 Å². The largest absolute Gasteiger partial charge is 0.493 e. The molecule has 1 saturated heterocycles. The van der Waals surface area contributed by atoms with Crippen LogP contribution >= 0.6 is 11.6 Å². The smallest absolute Gasteiger partial charge is 0.166 e. The summed E-state index contributed by atoms with van der Waals surface area (Å²) in [6.45, 7) is 5.12. The number of hydrogen-bond acceptors (Lipinski definition) is 3. The molecule has 0 radical (unpaired) electrons. The minimum absolute atomic E-state index is 0.0976. The first-order valence-corrected chi connectivity index (χ1v) is 7.75. The van der Waals surface area contributed by atoms with Crippen molar-refractivity contribution in [1.82, 2.24) is 5.32 Å². The molecule has 1 unspecified atom stereocenters. The molecule has 1 atom stereocenters. The van der Waals surface area contributed by atoms with E-state index in [1.165, 1.54) is 19.3 Å². The highest BCUT2D eigenvalue weighted by Crippen LogP contribution is 2.38. The maximum atomic E-state index is 6.40. The van der Waals surface area contributed by atoms with Crippen LogP contribution in [0.15, 0.2) is 12.1 Å². The Morgan fingerprint density at radius 3 is 2.75 bits per heavy atom. The van der Waals surface area contributed by atoms with Crippen LogP contribution in [-0.4, -0.2) is 25.8 Å². The van der Waals surface area contributed by atoms with Crippen molar-refractivity contribution in [2.24, 2.45) is 0 Å². The number of methoxy groups -OCH3 is 1. The van der Waals surface area contributed by atoms with Crippen LogP contribution < -0.4 is 14.8 Å². The normalized spacial score (nSPS) is 19.1. The van der Waals surface area contributed by atoms with Gasteiger partial charge in [-0.25, -0.2) is 0 Å². The second-order valence-corrected chi connectivity index (χ2v) is 5.98. The fourth-order valence-electron chi connectivity index (χ4n) is 2.64. The van der Waals surface area contributed by atoms with Crippen molar-refractivity contribution in [3.63, 3.8) is 0 Å². The molecule has 1 fully saturated rings. The molecule has 0 aliphatic carbocycles. The summed E-state index contributed by atoms with van der Waals surface area (Å²) in [5, 5.41) is 4.32. The molecular formula is C16H24ClNO2. The second-order valence-electron chi connectivity index (χ2n) is 5.57. The van der Waals surface area contributed by atoms with E-state index in [2.05, 4.69) is 5.32 Å². The van der Waals surface area contributed by atoms with E-state index in [1.807, 2.05) is 26.0 Å². The summed E-state index contributed by atoms with van der Waals surface area (Å²) >= 11 is 6.40. The molecule has 20 heavy (non-hydrogen) atoms. The lowest BCUT2D eigenvalue weighted by Crippen LogP contribution is -2.35. The first kappa shape index (κ1) is 15.5. The highest BCUT2D eigenvalue weighted by molar-refractivity contribution is 6.31. The quantitative estimate of drug-likeness (QED) is 0.896. The number of halogens is 1. The summed E-state index contributed by atoms with van der Waals surface area (Å²) in [4.78, 5) is 0. The Hall–Kier alpha value is -0.930. The maximum absolute atomic E-state index is 6.40. The van der Waals surface area contributed by atoms with E-state index in [4.69, 9.17) is 21.1 Å². The van der Waals surface area contributed by atoms with Crippen molar-refractivity contribution in [1.29, 1.82) is 0 Å². The van der Waals surface area contributed by atoms with Gasteiger partial charge in [-0.15, -0.1) is 0 Å². The molecule has 112 valence electrons. The van der Waals surface area contributed by atoms with Gasteiger partial charge in [0.1, 0.15) is 0 Å². The molecule has 0 saturated carbocycles. The molecule has 2 rings (SSSR count). The SMILES string of the molecule is COc1ccc(Cl)c(CC2CCCCN2)c1OC(C)C. The Morgan fingerprint density at radius 1 is 1.35 bits per heavy atom. The van der Waals surface area contributed by atoms with Crippen LogP contribution in [0.4, 0.5) is 0 Å². The van der Waals surface area contributed by atoms with Gasteiger partial charge in [-0.3, -0.25) is 0 Å². The monoisotopic (exact) mass is 297 g/mol. The van der Waals surface area contributed by atoms with Gasteiger partial charge in [-0.1, -0.05) is 18.0 Å². The van der Waals surface area contributed by atoms with E-state index in [0.29, 0.717) is 6.04 Å². The number of ether oxygens (including phenoxy) is 2. The van der Waals surface area contributed by atoms with Crippen LogP contribution in [0, 0.1) is 0 Å². The van der Waals surface area contributed by atoms with Crippen molar-refractivity contribution in [3.8, 4) is 11.5 Å². The molecule has 0 amide bonds. The zero-order valence-electron chi connectivity index (χ0n) is 12.5. The molecule has 1 aromatic rings. The van der Waals surface area contributed by atoms with Gasteiger partial charge < -0.3 is 14.8 Å². The summed E-state index contributed by atoms with van der Waals surface area (Å²) < 4.78 is 11.4. The molecule has 1 N–H and O–H groups in total. The third-order valence-corrected chi connectivity index (χ3v) is 3.96. The topological polar surface area (TPSA) is 30.5 Å². The second kappa shape index (κ2) is 7.19. The number of piperidine rings is 1. The van der Waals surface area contributed by atoms with E-state index in [1.54, 1.807) is 7.11 Å². The molecule has 0 bridgehead atoms. The lowest BCUT2D eigenvalue weighted by molar-refractivity contribution is 0.226. The van der Waals surface area contributed by atoms with Crippen LogP contribution in [0.25, 0.3) is 0 Å². The van der Waals surface area contributed by atoms with E-state index in [9.17, 15) is 0 Å². The molecule has 0 aromatic heterocycles. The van der Waals surface area contributed by atoms with Crippen LogP contribution in [-0.2, 0) is 6.42 Å². The zero-order chi connectivity index (χ0) is 14.5. The molecule has 1 aromatic carbocycles. The van der Waals surface area contributed by atoms with Gasteiger partial charge >= 0.3 is 0 Å². The molecule has 1 aliphatic rings. The third kappa shape index (κ3) is 3.80. The minimum Gasteiger partial charge on any atom is -0.493 e. The molecular weight excluding hydrogens is 274 g/mol. The summed E-state index contributed by atoms with van der Waals surface area (Å²) in [5.74, 6) is 1.55. The van der Waals surface area contributed by atoms with Crippen LogP contribution in [0.3, 0.4) is 0 Å². The summed E-state index contributed by atoms with van der Waals surface area (Å²) in [7, 11) is 1.67.